The molecule has 3 rings (SSSR count). The first kappa shape index (κ1) is 30.3. The average molecular weight is 553 g/mol. The Morgan fingerprint density at radius 1 is 1.21 bits per heavy atom. The number of hydrogen-bond donors (Lipinski definition) is 3. The summed E-state index contributed by atoms with van der Waals surface area (Å²) >= 11 is 1.59. The zero-order chi connectivity index (χ0) is 28.7. The van der Waals surface area contributed by atoms with Crippen LogP contribution >= 0.6 is 11.3 Å². The van der Waals surface area contributed by atoms with Gasteiger partial charge in [-0.15, -0.1) is 23.7 Å². The monoisotopic (exact) mass is 552 g/mol. The molecule has 0 bridgehead atoms. The van der Waals surface area contributed by atoms with Crippen LogP contribution in [0.1, 0.15) is 77.1 Å². The van der Waals surface area contributed by atoms with Gasteiger partial charge in [-0.1, -0.05) is 45.0 Å². The number of terminal acetylenes is 1. The molecule has 0 saturated carbocycles. The second-order valence-electron chi connectivity index (χ2n) is 11.3. The maximum atomic E-state index is 13.7. The fraction of sp³-hybridized carbons (Fsp3) is 0.533. The number of carbonyl (C=O) groups is 3. The summed E-state index contributed by atoms with van der Waals surface area (Å²) in [4.78, 5) is 46.5. The Kier molecular flexibility index (Phi) is 10.3. The van der Waals surface area contributed by atoms with E-state index in [0.717, 1.165) is 28.1 Å². The molecule has 1 fully saturated rings. The lowest BCUT2D eigenvalue weighted by Crippen LogP contribution is -2.57. The quantitative estimate of drug-likeness (QED) is 0.305. The Hall–Kier alpha value is -3.22. The van der Waals surface area contributed by atoms with Crippen molar-refractivity contribution in [1.29, 1.82) is 0 Å². The lowest BCUT2D eigenvalue weighted by molar-refractivity contribution is -0.144. The number of amides is 3. The largest absolute Gasteiger partial charge is 0.391 e. The van der Waals surface area contributed by atoms with Crippen molar-refractivity contribution in [2.45, 2.75) is 91.0 Å². The van der Waals surface area contributed by atoms with Crippen molar-refractivity contribution in [2.24, 2.45) is 5.41 Å². The van der Waals surface area contributed by atoms with E-state index < -0.39 is 23.6 Å². The van der Waals surface area contributed by atoms with E-state index in [1.54, 1.807) is 11.3 Å². The van der Waals surface area contributed by atoms with Gasteiger partial charge in [0.2, 0.25) is 17.7 Å². The number of aliphatic hydroxyl groups is 1. The zero-order valence-corrected chi connectivity index (χ0v) is 24.3. The Balaban J connectivity index is 1.68. The van der Waals surface area contributed by atoms with Crippen LogP contribution in [0.3, 0.4) is 0 Å². The Labute approximate surface area is 235 Å². The number of aliphatic hydroxyl groups excluding tert-OH is 1. The van der Waals surface area contributed by atoms with Crippen molar-refractivity contribution >= 4 is 29.1 Å². The third-order valence-corrected chi connectivity index (χ3v) is 8.01. The van der Waals surface area contributed by atoms with Crippen molar-refractivity contribution in [1.82, 2.24) is 20.5 Å². The molecule has 8 nitrogen and oxygen atoms in total. The van der Waals surface area contributed by atoms with Crippen molar-refractivity contribution in [2.75, 3.05) is 6.54 Å². The highest BCUT2D eigenvalue weighted by Crippen LogP contribution is 2.29. The van der Waals surface area contributed by atoms with Gasteiger partial charge in [0.05, 0.1) is 28.2 Å². The number of aryl methyl sites for hydroxylation is 1. The van der Waals surface area contributed by atoms with Crippen molar-refractivity contribution in [3.05, 3.63) is 41.0 Å². The fourth-order valence-electron chi connectivity index (χ4n) is 4.76. The third-order valence-electron chi connectivity index (χ3n) is 7.04. The number of hydrogen-bond acceptors (Lipinski definition) is 6. The topological polar surface area (TPSA) is 112 Å². The lowest BCUT2D eigenvalue weighted by Gasteiger charge is -2.35. The lowest BCUT2D eigenvalue weighted by atomic mass is 9.85. The molecule has 4 atom stereocenters. The van der Waals surface area contributed by atoms with Crippen LogP contribution in [0.5, 0.6) is 0 Å². The molecule has 2 heterocycles. The maximum Gasteiger partial charge on any atom is 0.246 e. The van der Waals surface area contributed by atoms with Crippen molar-refractivity contribution < 1.29 is 19.5 Å². The SMILES string of the molecule is C#CCCCCC(=O)NC(C(=O)N1C[C@H](O)C[C@H]1C(=O)N[C@@H](C)c1ccc(-c2scnc2C)cc1)C(C)(C)C. The molecule has 3 amide bonds. The highest BCUT2D eigenvalue weighted by molar-refractivity contribution is 7.13. The van der Waals surface area contributed by atoms with Gasteiger partial charge in [-0.25, -0.2) is 4.98 Å². The molecule has 39 heavy (non-hydrogen) atoms. The molecule has 0 aliphatic carbocycles. The van der Waals surface area contributed by atoms with Gasteiger partial charge >= 0.3 is 0 Å². The Morgan fingerprint density at radius 3 is 2.49 bits per heavy atom. The molecule has 1 aliphatic rings. The van der Waals surface area contributed by atoms with Gasteiger partial charge in [-0.3, -0.25) is 14.4 Å². The molecule has 2 aromatic rings. The number of nitrogens with zero attached hydrogens (tertiary/aromatic N) is 2. The third kappa shape index (κ3) is 7.90. The number of unbranched alkanes of at least 4 members (excludes halogenated alkanes) is 2. The summed E-state index contributed by atoms with van der Waals surface area (Å²) in [5.74, 6) is 1.63. The fourth-order valence-corrected chi connectivity index (χ4v) is 5.57. The van der Waals surface area contributed by atoms with Crippen LogP contribution in [0.15, 0.2) is 29.8 Å². The molecule has 210 valence electrons. The number of nitrogens with one attached hydrogen (secondary N) is 2. The van der Waals surface area contributed by atoms with Gasteiger partial charge in [0.1, 0.15) is 12.1 Å². The van der Waals surface area contributed by atoms with Crippen LogP contribution < -0.4 is 10.6 Å². The highest BCUT2D eigenvalue weighted by atomic mass is 32.1. The van der Waals surface area contributed by atoms with E-state index in [1.165, 1.54) is 4.90 Å². The van der Waals surface area contributed by atoms with E-state index in [9.17, 15) is 19.5 Å². The van der Waals surface area contributed by atoms with Crippen molar-refractivity contribution in [3.63, 3.8) is 0 Å². The molecule has 1 saturated heterocycles. The number of thiazole rings is 1. The smallest absolute Gasteiger partial charge is 0.246 e. The van der Waals surface area contributed by atoms with Gasteiger partial charge in [0.15, 0.2) is 0 Å². The summed E-state index contributed by atoms with van der Waals surface area (Å²) in [6.45, 7) is 9.52. The van der Waals surface area contributed by atoms with Gasteiger partial charge in [0, 0.05) is 25.8 Å². The number of likely N-dealkylation sites (tertiary alicyclic amines) is 1. The number of β-amino-alcohol motifs (C(OH)–C–C–N with tert-alkyl or cyclic N) is 1. The van der Waals surface area contributed by atoms with E-state index in [0.29, 0.717) is 12.8 Å². The van der Waals surface area contributed by atoms with Crippen LogP contribution in [0.2, 0.25) is 0 Å². The molecular weight excluding hydrogens is 512 g/mol. The maximum absolute atomic E-state index is 13.7. The van der Waals surface area contributed by atoms with E-state index in [1.807, 2.05) is 64.4 Å². The minimum absolute atomic E-state index is 0.0405. The summed E-state index contributed by atoms with van der Waals surface area (Å²) in [5, 5.41) is 16.3. The molecule has 1 aromatic carbocycles. The van der Waals surface area contributed by atoms with Gasteiger partial charge in [0.25, 0.3) is 0 Å². The van der Waals surface area contributed by atoms with Gasteiger partial charge < -0.3 is 20.6 Å². The first-order chi connectivity index (χ1) is 18.4. The molecule has 1 unspecified atom stereocenters. The summed E-state index contributed by atoms with van der Waals surface area (Å²) in [6.07, 6.45) is 6.85. The number of aromatic nitrogens is 1. The standard InChI is InChI=1S/C30H40N4O4S/c1-7-8-9-10-11-25(36)33-27(30(4,5)6)29(38)34-17-23(35)16-24(34)28(37)32-19(2)21-12-14-22(15-13-21)26-20(3)31-18-39-26/h1,12-15,18-19,23-24,27,35H,8-11,16-17H2,2-6H3,(H,32,37)(H,33,36)/t19-,23+,24-,27?/m0/s1. The van der Waals surface area contributed by atoms with Crippen LogP contribution in [0, 0.1) is 24.7 Å². The first-order valence-corrected chi connectivity index (χ1v) is 14.3. The summed E-state index contributed by atoms with van der Waals surface area (Å²) in [6, 6.07) is 6.00. The molecule has 3 N–H and O–H groups in total. The summed E-state index contributed by atoms with van der Waals surface area (Å²) in [5.41, 5.74) is 4.20. The second kappa shape index (κ2) is 13.2. The number of rotatable bonds is 10. The summed E-state index contributed by atoms with van der Waals surface area (Å²) in [7, 11) is 0. The van der Waals surface area contributed by atoms with E-state index in [-0.39, 0.29) is 43.1 Å². The predicted molar refractivity (Wildman–Crippen MR) is 154 cm³/mol. The molecular formula is C30H40N4O4S. The normalized spacial score (nSPS) is 18.7. The van der Waals surface area contributed by atoms with Crippen LogP contribution in [0.4, 0.5) is 0 Å². The van der Waals surface area contributed by atoms with E-state index in [4.69, 9.17) is 6.42 Å². The number of carbonyl (C=O) groups excluding carboxylic acids is 3. The van der Waals surface area contributed by atoms with Gasteiger partial charge in [-0.05, 0) is 43.2 Å². The van der Waals surface area contributed by atoms with E-state index >= 15 is 0 Å². The molecule has 0 spiro atoms. The average Bonchev–Trinajstić information content (AvgIpc) is 3.49. The molecule has 9 heteroatoms. The van der Waals surface area contributed by atoms with Crippen LogP contribution in [-0.2, 0) is 14.4 Å². The highest BCUT2D eigenvalue weighted by Gasteiger charge is 2.44. The minimum Gasteiger partial charge on any atom is -0.391 e. The predicted octanol–water partition coefficient (Wildman–Crippen LogP) is 3.98. The first-order valence-electron chi connectivity index (χ1n) is 13.4. The molecule has 1 aliphatic heterocycles. The van der Waals surface area contributed by atoms with Crippen LogP contribution in [-0.4, -0.2) is 57.4 Å². The zero-order valence-electron chi connectivity index (χ0n) is 23.5. The second-order valence-corrected chi connectivity index (χ2v) is 12.1. The molecule has 1 aromatic heterocycles. The van der Waals surface area contributed by atoms with Gasteiger partial charge in [-0.2, -0.15) is 0 Å². The Morgan fingerprint density at radius 2 is 1.90 bits per heavy atom. The van der Waals surface area contributed by atoms with Crippen molar-refractivity contribution in [3.8, 4) is 22.8 Å². The summed E-state index contributed by atoms with van der Waals surface area (Å²) < 4.78 is 0. The minimum atomic E-state index is -0.835. The molecule has 0 radical (unpaired) electrons. The van der Waals surface area contributed by atoms with E-state index in [2.05, 4.69) is 21.5 Å². The number of benzene rings is 1. The van der Waals surface area contributed by atoms with Crippen LogP contribution in [0.25, 0.3) is 10.4 Å². The Bertz CT molecular complexity index is 1190.